The molecular formula is C13H10BNO2. The molecule has 3 nitrogen and oxygen atoms in total. The first-order valence-corrected chi connectivity index (χ1v) is 5.40. The van der Waals surface area contributed by atoms with Crippen LogP contribution < -0.4 is 5.46 Å². The van der Waals surface area contributed by atoms with Crippen LogP contribution in [0.3, 0.4) is 0 Å². The monoisotopic (exact) mass is 223 g/mol. The highest BCUT2D eigenvalue weighted by Crippen LogP contribution is 2.18. The molecule has 0 aliphatic heterocycles. The molecular weight excluding hydrogens is 213 g/mol. The van der Waals surface area contributed by atoms with E-state index in [0.29, 0.717) is 11.0 Å². The summed E-state index contributed by atoms with van der Waals surface area (Å²) < 4.78 is 0. The molecule has 2 aromatic carbocycles. The number of para-hydroxylation sites is 2. The molecule has 0 saturated heterocycles. The van der Waals surface area contributed by atoms with E-state index < -0.39 is 7.12 Å². The maximum atomic E-state index is 9.31. The van der Waals surface area contributed by atoms with Gasteiger partial charge in [0.05, 0.1) is 11.0 Å². The number of fused-ring (bicyclic) bond motifs is 2. The van der Waals surface area contributed by atoms with E-state index in [1.807, 2.05) is 36.4 Å². The van der Waals surface area contributed by atoms with Gasteiger partial charge in [-0.25, -0.2) is 4.98 Å². The van der Waals surface area contributed by atoms with E-state index in [-0.39, 0.29) is 0 Å². The summed E-state index contributed by atoms with van der Waals surface area (Å²) >= 11 is 0. The van der Waals surface area contributed by atoms with Crippen LogP contribution in [-0.4, -0.2) is 22.2 Å². The number of rotatable bonds is 1. The van der Waals surface area contributed by atoms with Crippen molar-refractivity contribution < 1.29 is 10.0 Å². The smallest absolute Gasteiger partial charge is 0.423 e. The summed E-state index contributed by atoms with van der Waals surface area (Å²) in [5.41, 5.74) is 1.93. The van der Waals surface area contributed by atoms with Crippen molar-refractivity contribution in [2.75, 3.05) is 0 Å². The van der Waals surface area contributed by atoms with Crippen LogP contribution in [0.1, 0.15) is 0 Å². The lowest BCUT2D eigenvalue weighted by Gasteiger charge is -2.06. The summed E-state index contributed by atoms with van der Waals surface area (Å²) in [6.45, 7) is 0. The van der Waals surface area contributed by atoms with Crippen LogP contribution in [-0.2, 0) is 0 Å². The topological polar surface area (TPSA) is 53.4 Å². The fourth-order valence-electron chi connectivity index (χ4n) is 2.03. The van der Waals surface area contributed by atoms with E-state index >= 15 is 0 Å². The van der Waals surface area contributed by atoms with Crippen molar-refractivity contribution >= 4 is 34.4 Å². The fourth-order valence-corrected chi connectivity index (χ4v) is 2.03. The zero-order valence-electron chi connectivity index (χ0n) is 9.04. The summed E-state index contributed by atoms with van der Waals surface area (Å²) in [5.74, 6) is 0. The Morgan fingerprint density at radius 2 is 1.65 bits per heavy atom. The van der Waals surface area contributed by atoms with Gasteiger partial charge in [-0.3, -0.25) is 0 Å². The SMILES string of the molecule is OB(O)c1cccc2cc3ccccc3nc12. The number of nitrogens with zero attached hydrogens (tertiary/aromatic N) is 1. The molecule has 0 amide bonds. The van der Waals surface area contributed by atoms with Gasteiger partial charge in [0.15, 0.2) is 0 Å². The van der Waals surface area contributed by atoms with E-state index in [4.69, 9.17) is 0 Å². The second-order valence-electron chi connectivity index (χ2n) is 3.97. The van der Waals surface area contributed by atoms with Gasteiger partial charge in [0.1, 0.15) is 0 Å². The van der Waals surface area contributed by atoms with Crippen molar-refractivity contribution in [2.24, 2.45) is 0 Å². The zero-order valence-corrected chi connectivity index (χ0v) is 9.04. The molecule has 0 radical (unpaired) electrons. The predicted molar refractivity (Wildman–Crippen MR) is 69.1 cm³/mol. The van der Waals surface area contributed by atoms with Gasteiger partial charge in [-0.05, 0) is 12.1 Å². The van der Waals surface area contributed by atoms with Crippen molar-refractivity contribution in [3.63, 3.8) is 0 Å². The van der Waals surface area contributed by atoms with E-state index in [1.165, 1.54) is 0 Å². The molecule has 0 atom stereocenters. The lowest BCUT2D eigenvalue weighted by Crippen LogP contribution is -2.30. The number of aromatic nitrogens is 1. The third kappa shape index (κ3) is 1.67. The van der Waals surface area contributed by atoms with Crippen molar-refractivity contribution in [2.45, 2.75) is 0 Å². The quantitative estimate of drug-likeness (QED) is 0.479. The summed E-state index contributed by atoms with van der Waals surface area (Å²) in [7, 11) is -1.49. The van der Waals surface area contributed by atoms with Crippen molar-refractivity contribution in [3.05, 3.63) is 48.5 Å². The third-order valence-corrected chi connectivity index (χ3v) is 2.86. The number of benzene rings is 2. The van der Waals surface area contributed by atoms with Gasteiger partial charge in [0.25, 0.3) is 0 Å². The van der Waals surface area contributed by atoms with Crippen LogP contribution in [0.25, 0.3) is 21.8 Å². The molecule has 1 aromatic heterocycles. The van der Waals surface area contributed by atoms with E-state index in [2.05, 4.69) is 4.98 Å². The standard InChI is InChI=1S/C13H10BNO2/c16-14(17)11-6-3-5-10-8-9-4-1-2-7-12(9)15-13(10)11/h1-8,16-17H. The van der Waals surface area contributed by atoms with Gasteiger partial charge in [-0.2, -0.15) is 0 Å². The van der Waals surface area contributed by atoms with E-state index in [0.717, 1.165) is 16.3 Å². The Kier molecular flexibility index (Phi) is 2.32. The largest absolute Gasteiger partial charge is 0.490 e. The van der Waals surface area contributed by atoms with Crippen LogP contribution in [0.5, 0.6) is 0 Å². The molecule has 3 rings (SSSR count). The van der Waals surface area contributed by atoms with Crippen molar-refractivity contribution in [1.82, 2.24) is 4.98 Å². The van der Waals surface area contributed by atoms with Crippen molar-refractivity contribution in [1.29, 1.82) is 0 Å². The highest BCUT2D eigenvalue weighted by molar-refractivity contribution is 6.61. The normalized spacial score (nSPS) is 10.9. The van der Waals surface area contributed by atoms with Crippen LogP contribution in [0.15, 0.2) is 48.5 Å². The van der Waals surface area contributed by atoms with Gasteiger partial charge >= 0.3 is 7.12 Å². The molecule has 0 aliphatic carbocycles. The maximum Gasteiger partial charge on any atom is 0.490 e. The van der Waals surface area contributed by atoms with Crippen LogP contribution in [0.4, 0.5) is 0 Å². The Bertz CT molecular complexity index is 697. The first-order valence-electron chi connectivity index (χ1n) is 5.40. The first-order chi connectivity index (χ1) is 8.25. The van der Waals surface area contributed by atoms with Gasteiger partial charge in [0.2, 0.25) is 0 Å². The minimum atomic E-state index is -1.49. The van der Waals surface area contributed by atoms with Crippen LogP contribution >= 0.6 is 0 Å². The first kappa shape index (κ1) is 10.3. The van der Waals surface area contributed by atoms with Crippen LogP contribution in [0, 0.1) is 0 Å². The van der Waals surface area contributed by atoms with Gasteiger partial charge < -0.3 is 10.0 Å². The average molecular weight is 223 g/mol. The Balaban J connectivity index is 2.43. The minimum Gasteiger partial charge on any atom is -0.423 e. The highest BCUT2D eigenvalue weighted by Gasteiger charge is 2.15. The number of pyridine rings is 1. The molecule has 0 fully saturated rings. The summed E-state index contributed by atoms with van der Waals surface area (Å²) in [6, 6.07) is 15.2. The average Bonchev–Trinajstić information content (AvgIpc) is 2.35. The minimum absolute atomic E-state index is 0.438. The molecule has 4 heteroatoms. The van der Waals surface area contributed by atoms with Gasteiger partial charge in [0, 0.05) is 16.2 Å². The second kappa shape index (κ2) is 3.84. The molecule has 0 bridgehead atoms. The molecule has 0 saturated carbocycles. The predicted octanol–water partition coefficient (Wildman–Crippen LogP) is 1.07. The molecule has 3 aromatic rings. The zero-order chi connectivity index (χ0) is 11.8. The van der Waals surface area contributed by atoms with E-state index in [9.17, 15) is 10.0 Å². The molecule has 82 valence electrons. The maximum absolute atomic E-state index is 9.31. The van der Waals surface area contributed by atoms with Gasteiger partial charge in [-0.15, -0.1) is 0 Å². The van der Waals surface area contributed by atoms with Crippen LogP contribution in [0.2, 0.25) is 0 Å². The molecule has 17 heavy (non-hydrogen) atoms. The number of hydrogen-bond acceptors (Lipinski definition) is 3. The van der Waals surface area contributed by atoms with Gasteiger partial charge in [-0.1, -0.05) is 36.4 Å². The third-order valence-electron chi connectivity index (χ3n) is 2.86. The fraction of sp³-hybridized carbons (Fsp3) is 0. The summed E-state index contributed by atoms with van der Waals surface area (Å²) in [6.07, 6.45) is 0. The Labute approximate surface area is 98.5 Å². The summed E-state index contributed by atoms with van der Waals surface area (Å²) in [5, 5.41) is 20.6. The molecule has 0 aliphatic rings. The Morgan fingerprint density at radius 3 is 2.47 bits per heavy atom. The molecule has 1 heterocycles. The summed E-state index contributed by atoms with van der Waals surface area (Å²) in [4.78, 5) is 4.48. The Hall–Kier alpha value is -1.91. The highest BCUT2D eigenvalue weighted by atomic mass is 16.4. The van der Waals surface area contributed by atoms with E-state index in [1.54, 1.807) is 12.1 Å². The number of hydrogen-bond donors (Lipinski definition) is 2. The Morgan fingerprint density at radius 1 is 0.882 bits per heavy atom. The molecule has 0 spiro atoms. The second-order valence-corrected chi connectivity index (χ2v) is 3.97. The molecule has 0 unspecified atom stereocenters. The van der Waals surface area contributed by atoms with Crippen molar-refractivity contribution in [3.8, 4) is 0 Å². The lowest BCUT2D eigenvalue weighted by molar-refractivity contribution is 0.426. The lowest BCUT2D eigenvalue weighted by atomic mass is 9.79. The molecule has 2 N–H and O–H groups in total.